The third kappa shape index (κ3) is 13.0. The summed E-state index contributed by atoms with van der Waals surface area (Å²) in [5.74, 6) is 0.715. The van der Waals surface area contributed by atoms with Crippen LogP contribution in [0, 0.1) is 0 Å². The van der Waals surface area contributed by atoms with Gasteiger partial charge in [-0.1, -0.05) is 12.1 Å². The summed E-state index contributed by atoms with van der Waals surface area (Å²) in [4.78, 5) is 19.3. The third-order valence-electron chi connectivity index (χ3n) is 4.12. The molecular formula is C22H40IN5O2. The van der Waals surface area contributed by atoms with Gasteiger partial charge in [-0.2, -0.15) is 0 Å². The first-order chi connectivity index (χ1) is 13.7. The quantitative estimate of drug-likeness (QED) is 0.177. The summed E-state index contributed by atoms with van der Waals surface area (Å²) in [5, 5.41) is 9.63. The molecule has 0 aliphatic heterocycles. The van der Waals surface area contributed by atoms with Crippen LogP contribution in [0.1, 0.15) is 50.0 Å². The van der Waals surface area contributed by atoms with E-state index >= 15 is 0 Å². The number of carbonyl (C=O) groups excluding carboxylic acids is 1. The largest absolute Gasteiger partial charge is 0.385 e. The molecule has 0 aliphatic rings. The van der Waals surface area contributed by atoms with Gasteiger partial charge in [-0.15, -0.1) is 24.0 Å². The van der Waals surface area contributed by atoms with Crippen LogP contribution in [0.25, 0.3) is 0 Å². The fourth-order valence-electron chi connectivity index (χ4n) is 2.69. The van der Waals surface area contributed by atoms with Crippen LogP contribution >= 0.6 is 24.0 Å². The normalized spacial score (nSPS) is 11.8. The maximum absolute atomic E-state index is 12.4. The van der Waals surface area contributed by atoms with E-state index in [0.717, 1.165) is 50.7 Å². The Morgan fingerprint density at radius 3 is 2.57 bits per heavy atom. The molecule has 30 heavy (non-hydrogen) atoms. The summed E-state index contributed by atoms with van der Waals surface area (Å²) in [6.07, 6.45) is 1.03. The third-order valence-corrected chi connectivity index (χ3v) is 4.12. The van der Waals surface area contributed by atoms with Gasteiger partial charge in [-0.25, -0.2) is 4.99 Å². The number of nitrogens with one attached hydrogen (secondary N) is 3. The van der Waals surface area contributed by atoms with Crippen LogP contribution in [0.5, 0.6) is 0 Å². The Labute approximate surface area is 199 Å². The van der Waals surface area contributed by atoms with Gasteiger partial charge in [0.05, 0.1) is 6.54 Å². The molecule has 0 unspecified atom stereocenters. The molecule has 8 heteroatoms. The number of hydrogen-bond donors (Lipinski definition) is 3. The van der Waals surface area contributed by atoms with Crippen molar-refractivity contribution in [2.75, 3.05) is 46.9 Å². The van der Waals surface area contributed by atoms with E-state index in [0.29, 0.717) is 12.1 Å². The average Bonchev–Trinajstić information content (AvgIpc) is 2.65. The molecule has 0 heterocycles. The molecule has 1 aromatic carbocycles. The van der Waals surface area contributed by atoms with Crippen LogP contribution < -0.4 is 16.0 Å². The minimum absolute atomic E-state index is 0. The lowest BCUT2D eigenvalue weighted by Gasteiger charge is -2.20. The molecule has 172 valence electrons. The molecule has 0 fully saturated rings. The van der Waals surface area contributed by atoms with E-state index in [1.807, 2.05) is 52.0 Å². The van der Waals surface area contributed by atoms with Crippen molar-refractivity contribution in [1.29, 1.82) is 0 Å². The van der Waals surface area contributed by atoms with Crippen molar-refractivity contribution < 1.29 is 9.53 Å². The lowest BCUT2D eigenvalue weighted by molar-refractivity contribution is 0.0919. The van der Waals surface area contributed by atoms with Crippen LogP contribution in [-0.4, -0.2) is 69.2 Å². The summed E-state index contributed by atoms with van der Waals surface area (Å²) in [6.45, 7) is 12.8. The predicted molar refractivity (Wildman–Crippen MR) is 136 cm³/mol. The molecule has 0 saturated carbocycles. The second-order valence-electron chi connectivity index (χ2n) is 8.18. The summed E-state index contributed by atoms with van der Waals surface area (Å²) < 4.78 is 5.09. The smallest absolute Gasteiger partial charge is 0.251 e. The van der Waals surface area contributed by atoms with Crippen molar-refractivity contribution in [3.63, 3.8) is 0 Å². The molecule has 0 aliphatic carbocycles. The van der Waals surface area contributed by atoms with Crippen molar-refractivity contribution in [1.82, 2.24) is 20.9 Å². The second-order valence-corrected chi connectivity index (χ2v) is 8.18. The molecule has 3 N–H and O–H groups in total. The number of halogens is 1. The molecule has 0 spiro atoms. The Hall–Kier alpha value is -1.39. The van der Waals surface area contributed by atoms with Crippen LogP contribution in [0.4, 0.5) is 0 Å². The zero-order valence-corrected chi connectivity index (χ0v) is 21.7. The molecule has 7 nitrogen and oxygen atoms in total. The molecule has 0 atom stereocenters. The Kier molecular flexibility index (Phi) is 14.7. The lowest BCUT2D eigenvalue weighted by Crippen LogP contribution is -2.41. The number of nitrogens with zero attached hydrogens (tertiary/aromatic N) is 2. The first-order valence-corrected chi connectivity index (χ1v) is 10.4. The summed E-state index contributed by atoms with van der Waals surface area (Å²) >= 11 is 0. The van der Waals surface area contributed by atoms with Gasteiger partial charge in [0, 0.05) is 51.0 Å². The summed E-state index contributed by atoms with van der Waals surface area (Å²) in [5.41, 5.74) is 1.40. The van der Waals surface area contributed by atoms with Gasteiger partial charge in [0.15, 0.2) is 5.96 Å². The highest BCUT2D eigenvalue weighted by Crippen LogP contribution is 2.09. The topological polar surface area (TPSA) is 78.0 Å². The number of amides is 1. The number of carbonyl (C=O) groups is 1. The van der Waals surface area contributed by atoms with Gasteiger partial charge in [-0.3, -0.25) is 4.79 Å². The zero-order valence-electron chi connectivity index (χ0n) is 19.4. The monoisotopic (exact) mass is 533 g/mol. The van der Waals surface area contributed by atoms with E-state index in [2.05, 4.69) is 32.9 Å². The van der Waals surface area contributed by atoms with E-state index in [1.165, 1.54) is 0 Å². The highest BCUT2D eigenvalue weighted by Gasteiger charge is 2.15. The number of methoxy groups -OCH3 is 1. The van der Waals surface area contributed by atoms with Gasteiger partial charge in [-0.05, 0) is 58.9 Å². The van der Waals surface area contributed by atoms with Gasteiger partial charge in [0.25, 0.3) is 5.91 Å². The molecule has 1 rings (SSSR count). The van der Waals surface area contributed by atoms with Gasteiger partial charge in [0.2, 0.25) is 0 Å². The molecule has 1 amide bonds. The van der Waals surface area contributed by atoms with Gasteiger partial charge < -0.3 is 25.6 Å². The SMILES string of the molecule is CCNC(=NCc1cccc(C(=O)NC(C)(C)C)c1)NCCN(C)CCCOC.I. The van der Waals surface area contributed by atoms with Crippen LogP contribution in [-0.2, 0) is 11.3 Å². The summed E-state index contributed by atoms with van der Waals surface area (Å²) in [7, 11) is 3.84. The number of guanidine groups is 1. The first-order valence-electron chi connectivity index (χ1n) is 10.4. The van der Waals surface area contributed by atoms with E-state index in [9.17, 15) is 4.79 Å². The number of aliphatic imine (C=N–C) groups is 1. The van der Waals surface area contributed by atoms with Crippen molar-refractivity contribution in [3.8, 4) is 0 Å². The molecule has 0 aromatic heterocycles. The van der Waals surface area contributed by atoms with Crippen LogP contribution in [0.15, 0.2) is 29.3 Å². The molecule has 0 saturated heterocycles. The molecule has 0 bridgehead atoms. The molecule has 0 radical (unpaired) electrons. The number of benzene rings is 1. The molecule has 1 aromatic rings. The van der Waals surface area contributed by atoms with Crippen LogP contribution in [0.3, 0.4) is 0 Å². The number of ether oxygens (including phenoxy) is 1. The minimum Gasteiger partial charge on any atom is -0.385 e. The number of rotatable bonds is 11. The van der Waals surface area contributed by atoms with E-state index in [1.54, 1.807) is 7.11 Å². The maximum atomic E-state index is 12.4. The zero-order chi connectivity index (χ0) is 21.7. The van der Waals surface area contributed by atoms with Crippen molar-refractivity contribution in [3.05, 3.63) is 35.4 Å². The Morgan fingerprint density at radius 1 is 1.20 bits per heavy atom. The van der Waals surface area contributed by atoms with Crippen molar-refractivity contribution in [2.45, 2.75) is 46.2 Å². The number of likely N-dealkylation sites (N-methyl/N-ethyl adjacent to an activating group) is 1. The van der Waals surface area contributed by atoms with Gasteiger partial charge in [0.1, 0.15) is 0 Å². The highest BCUT2D eigenvalue weighted by molar-refractivity contribution is 14.0. The maximum Gasteiger partial charge on any atom is 0.251 e. The number of hydrogen-bond acceptors (Lipinski definition) is 4. The van der Waals surface area contributed by atoms with E-state index in [4.69, 9.17) is 4.74 Å². The minimum atomic E-state index is -0.260. The Balaban J connectivity index is 0.00000841. The van der Waals surface area contributed by atoms with Crippen LogP contribution in [0.2, 0.25) is 0 Å². The highest BCUT2D eigenvalue weighted by atomic mass is 127. The average molecular weight is 533 g/mol. The first kappa shape index (κ1) is 28.6. The second kappa shape index (κ2) is 15.4. The molecular weight excluding hydrogens is 493 g/mol. The Bertz CT molecular complexity index is 647. The summed E-state index contributed by atoms with van der Waals surface area (Å²) in [6, 6.07) is 7.62. The van der Waals surface area contributed by atoms with Crippen molar-refractivity contribution >= 4 is 35.8 Å². The standard InChI is InChI=1S/C22H39N5O2.HI/c1-7-23-21(24-12-14-27(5)13-9-15-29-6)25-17-18-10-8-11-19(16-18)20(28)26-22(2,3)4;/h8,10-11,16H,7,9,12-15,17H2,1-6H3,(H,26,28)(H2,23,24,25);1H. The fraction of sp³-hybridized carbons (Fsp3) is 0.636. The van der Waals surface area contributed by atoms with Gasteiger partial charge >= 0.3 is 0 Å². The van der Waals surface area contributed by atoms with E-state index in [-0.39, 0.29) is 35.4 Å². The van der Waals surface area contributed by atoms with E-state index < -0.39 is 0 Å². The fourth-order valence-corrected chi connectivity index (χ4v) is 2.69. The Morgan fingerprint density at radius 2 is 1.93 bits per heavy atom. The predicted octanol–water partition coefficient (Wildman–Crippen LogP) is 2.86. The van der Waals surface area contributed by atoms with Crippen molar-refractivity contribution in [2.24, 2.45) is 4.99 Å². The lowest BCUT2D eigenvalue weighted by atomic mass is 10.1.